The minimum atomic E-state index is -0.355. The number of carbonyl (C=O) groups is 1. The van der Waals surface area contributed by atoms with Gasteiger partial charge in [0.05, 0.1) is 0 Å². The fourth-order valence-electron chi connectivity index (χ4n) is 1.46. The van der Waals surface area contributed by atoms with Crippen molar-refractivity contribution in [3.05, 3.63) is 59.4 Å². The summed E-state index contributed by atoms with van der Waals surface area (Å²) >= 11 is 0. The molecule has 86 valence electrons. The molecule has 0 heterocycles. The summed E-state index contributed by atoms with van der Waals surface area (Å²) in [6.45, 7) is 1.86. The maximum atomic E-state index is 13.0. The molecule has 0 radical (unpaired) electrons. The van der Waals surface area contributed by atoms with Crippen LogP contribution in [-0.4, -0.2) is 6.29 Å². The number of halogens is 1. The highest BCUT2D eigenvalue weighted by molar-refractivity contribution is 5.75. The van der Waals surface area contributed by atoms with E-state index in [1.807, 2.05) is 6.92 Å². The van der Waals surface area contributed by atoms with Crippen LogP contribution >= 0.6 is 0 Å². The zero-order valence-corrected chi connectivity index (χ0v) is 9.31. The van der Waals surface area contributed by atoms with Gasteiger partial charge in [-0.15, -0.1) is 0 Å². The third-order valence-electron chi connectivity index (χ3n) is 2.37. The van der Waals surface area contributed by atoms with Crippen molar-refractivity contribution >= 4 is 6.29 Å². The number of hydrogen-bond acceptors (Lipinski definition) is 2. The molecule has 3 heteroatoms. The van der Waals surface area contributed by atoms with Crippen LogP contribution in [0.5, 0.6) is 11.5 Å². The van der Waals surface area contributed by atoms with Gasteiger partial charge in [0, 0.05) is 11.6 Å². The number of hydrogen-bond donors (Lipinski definition) is 0. The summed E-state index contributed by atoms with van der Waals surface area (Å²) in [5.74, 6) is 0.614. The number of aldehydes is 1. The lowest BCUT2D eigenvalue weighted by atomic mass is 10.1. The van der Waals surface area contributed by atoms with Gasteiger partial charge in [-0.2, -0.15) is 0 Å². The molecule has 0 aliphatic carbocycles. The second-order valence-electron chi connectivity index (χ2n) is 3.70. The molecule has 0 aromatic heterocycles. The summed E-state index contributed by atoms with van der Waals surface area (Å²) in [6, 6.07) is 11.0. The minimum Gasteiger partial charge on any atom is -0.457 e. The van der Waals surface area contributed by atoms with Gasteiger partial charge >= 0.3 is 0 Å². The second-order valence-corrected chi connectivity index (χ2v) is 3.70. The summed E-state index contributed by atoms with van der Waals surface area (Å²) < 4.78 is 18.5. The number of aryl methyl sites for hydroxylation is 1. The molecule has 0 amide bonds. The number of rotatable bonds is 3. The molecule has 2 aromatic rings. The van der Waals surface area contributed by atoms with E-state index in [2.05, 4.69) is 0 Å². The highest BCUT2D eigenvalue weighted by Gasteiger charge is 2.03. The van der Waals surface area contributed by atoms with Crippen molar-refractivity contribution in [3.63, 3.8) is 0 Å². The molecule has 0 atom stereocenters. The van der Waals surface area contributed by atoms with Crippen LogP contribution in [0.4, 0.5) is 4.39 Å². The first-order valence-corrected chi connectivity index (χ1v) is 5.18. The van der Waals surface area contributed by atoms with Gasteiger partial charge in [-0.1, -0.05) is 18.2 Å². The lowest BCUT2D eigenvalue weighted by Gasteiger charge is -2.09. The second kappa shape index (κ2) is 4.78. The quantitative estimate of drug-likeness (QED) is 0.751. The maximum Gasteiger partial charge on any atom is 0.150 e. The van der Waals surface area contributed by atoms with Crippen molar-refractivity contribution in [1.29, 1.82) is 0 Å². The van der Waals surface area contributed by atoms with Crippen molar-refractivity contribution in [1.82, 2.24) is 0 Å². The first-order chi connectivity index (χ1) is 8.19. The molecule has 0 aliphatic rings. The van der Waals surface area contributed by atoms with Gasteiger partial charge in [0.2, 0.25) is 0 Å². The Bertz CT molecular complexity index is 550. The van der Waals surface area contributed by atoms with E-state index in [0.29, 0.717) is 17.1 Å². The zero-order chi connectivity index (χ0) is 12.3. The Labute approximate surface area is 98.7 Å². The van der Waals surface area contributed by atoms with E-state index in [9.17, 15) is 9.18 Å². The molecular weight excluding hydrogens is 219 g/mol. The van der Waals surface area contributed by atoms with Gasteiger partial charge in [-0.05, 0) is 30.7 Å². The Morgan fingerprint density at radius 2 is 2.00 bits per heavy atom. The van der Waals surface area contributed by atoms with E-state index >= 15 is 0 Å². The topological polar surface area (TPSA) is 26.3 Å². The van der Waals surface area contributed by atoms with Gasteiger partial charge in [-0.3, -0.25) is 4.79 Å². The molecule has 0 bridgehead atoms. The molecule has 0 spiro atoms. The molecule has 0 saturated carbocycles. The van der Waals surface area contributed by atoms with E-state index in [4.69, 9.17) is 4.74 Å². The largest absolute Gasteiger partial charge is 0.457 e. The standard InChI is InChI=1S/C14H11FO2/c1-10-5-6-11(9-16)7-14(10)17-13-4-2-3-12(15)8-13/h2-9H,1H3. The fourth-order valence-corrected chi connectivity index (χ4v) is 1.46. The van der Waals surface area contributed by atoms with Gasteiger partial charge in [0.15, 0.2) is 0 Å². The third-order valence-corrected chi connectivity index (χ3v) is 2.37. The molecule has 0 N–H and O–H groups in total. The predicted octanol–water partition coefficient (Wildman–Crippen LogP) is 3.74. The molecule has 2 nitrogen and oxygen atoms in total. The number of benzene rings is 2. The smallest absolute Gasteiger partial charge is 0.150 e. The normalized spacial score (nSPS) is 10.0. The zero-order valence-electron chi connectivity index (χ0n) is 9.31. The molecule has 2 aromatic carbocycles. The van der Waals surface area contributed by atoms with Crippen molar-refractivity contribution < 1.29 is 13.9 Å². The van der Waals surface area contributed by atoms with Gasteiger partial charge in [-0.25, -0.2) is 4.39 Å². The van der Waals surface area contributed by atoms with Crippen LogP contribution in [0, 0.1) is 12.7 Å². The molecule has 0 unspecified atom stereocenters. The van der Waals surface area contributed by atoms with Crippen LogP contribution in [-0.2, 0) is 0 Å². The first-order valence-electron chi connectivity index (χ1n) is 5.18. The fraction of sp³-hybridized carbons (Fsp3) is 0.0714. The van der Waals surface area contributed by atoms with Crippen molar-refractivity contribution in [2.45, 2.75) is 6.92 Å². The summed E-state index contributed by atoms with van der Waals surface area (Å²) in [5.41, 5.74) is 1.42. The van der Waals surface area contributed by atoms with Gasteiger partial charge in [0.25, 0.3) is 0 Å². The van der Waals surface area contributed by atoms with Gasteiger partial charge < -0.3 is 4.74 Å². The van der Waals surface area contributed by atoms with Crippen LogP contribution < -0.4 is 4.74 Å². The Morgan fingerprint density at radius 3 is 2.71 bits per heavy atom. The predicted molar refractivity (Wildman–Crippen MR) is 63.0 cm³/mol. The Hall–Kier alpha value is -2.16. The van der Waals surface area contributed by atoms with Crippen LogP contribution in [0.3, 0.4) is 0 Å². The summed E-state index contributed by atoms with van der Waals surface area (Å²) in [5, 5.41) is 0. The van der Waals surface area contributed by atoms with E-state index in [1.54, 1.807) is 30.3 Å². The van der Waals surface area contributed by atoms with Crippen molar-refractivity contribution in [2.24, 2.45) is 0 Å². The summed E-state index contributed by atoms with van der Waals surface area (Å²) in [7, 11) is 0. The summed E-state index contributed by atoms with van der Waals surface area (Å²) in [6.07, 6.45) is 0.748. The van der Waals surface area contributed by atoms with E-state index in [0.717, 1.165) is 11.8 Å². The van der Waals surface area contributed by atoms with Crippen LogP contribution in [0.1, 0.15) is 15.9 Å². The molecule has 0 saturated heterocycles. The molecule has 0 fully saturated rings. The van der Waals surface area contributed by atoms with E-state index in [1.165, 1.54) is 12.1 Å². The highest BCUT2D eigenvalue weighted by Crippen LogP contribution is 2.26. The summed E-state index contributed by atoms with van der Waals surface area (Å²) in [4.78, 5) is 10.7. The maximum absolute atomic E-state index is 13.0. The number of ether oxygens (including phenoxy) is 1. The molecular formula is C14H11FO2. The molecule has 0 aliphatic heterocycles. The Morgan fingerprint density at radius 1 is 1.18 bits per heavy atom. The average molecular weight is 230 g/mol. The third kappa shape index (κ3) is 2.69. The van der Waals surface area contributed by atoms with Crippen LogP contribution in [0.2, 0.25) is 0 Å². The first kappa shape index (κ1) is 11.3. The van der Waals surface area contributed by atoms with Crippen LogP contribution in [0.25, 0.3) is 0 Å². The van der Waals surface area contributed by atoms with E-state index < -0.39 is 0 Å². The molecule has 17 heavy (non-hydrogen) atoms. The monoisotopic (exact) mass is 230 g/mol. The van der Waals surface area contributed by atoms with Crippen molar-refractivity contribution in [2.75, 3.05) is 0 Å². The average Bonchev–Trinajstić information content (AvgIpc) is 2.32. The van der Waals surface area contributed by atoms with Gasteiger partial charge in [0.1, 0.15) is 23.6 Å². The van der Waals surface area contributed by atoms with Crippen LogP contribution in [0.15, 0.2) is 42.5 Å². The Balaban J connectivity index is 2.32. The number of carbonyl (C=O) groups excluding carboxylic acids is 1. The Kier molecular flexibility index (Phi) is 3.19. The lowest BCUT2D eigenvalue weighted by molar-refractivity contribution is 0.112. The highest BCUT2D eigenvalue weighted by atomic mass is 19.1. The minimum absolute atomic E-state index is 0.355. The van der Waals surface area contributed by atoms with Crippen molar-refractivity contribution in [3.8, 4) is 11.5 Å². The lowest BCUT2D eigenvalue weighted by Crippen LogP contribution is -1.90. The van der Waals surface area contributed by atoms with E-state index in [-0.39, 0.29) is 5.82 Å². The molecule has 2 rings (SSSR count). The SMILES string of the molecule is Cc1ccc(C=O)cc1Oc1cccc(F)c1.